The number of carbonyl (C=O) groups is 2. The van der Waals surface area contributed by atoms with Crippen LogP contribution in [0.1, 0.15) is 35.6 Å². The Kier molecular flexibility index (Phi) is 5.85. The maximum atomic E-state index is 12.0. The van der Waals surface area contributed by atoms with Gasteiger partial charge in [-0.25, -0.2) is 4.79 Å². The van der Waals surface area contributed by atoms with Gasteiger partial charge >= 0.3 is 6.03 Å². The number of piperidine rings is 1. The summed E-state index contributed by atoms with van der Waals surface area (Å²) in [5.41, 5.74) is 8.65. The van der Waals surface area contributed by atoms with Crippen LogP contribution in [0, 0.1) is 0 Å². The molecular weight excluding hydrogens is 384 g/mol. The van der Waals surface area contributed by atoms with E-state index in [0.29, 0.717) is 19.6 Å². The molecule has 1 fully saturated rings. The highest BCUT2D eigenvalue weighted by atomic mass is 16.5. The van der Waals surface area contributed by atoms with Crippen LogP contribution in [0.4, 0.5) is 4.79 Å². The van der Waals surface area contributed by atoms with Crippen molar-refractivity contribution in [3.63, 3.8) is 0 Å². The SMILES string of the molecule is COCC(=O)N1CCC(Oc2ccc(C3c4ccncc4CN3C(N)=O)cc2)CC1. The summed E-state index contributed by atoms with van der Waals surface area (Å²) in [6, 6.07) is 9.07. The van der Waals surface area contributed by atoms with Crippen LogP contribution in [0.15, 0.2) is 42.7 Å². The molecule has 8 heteroatoms. The van der Waals surface area contributed by atoms with E-state index in [9.17, 15) is 9.59 Å². The van der Waals surface area contributed by atoms with Crippen LogP contribution in [-0.2, 0) is 16.1 Å². The Morgan fingerprint density at radius 3 is 2.57 bits per heavy atom. The zero-order valence-electron chi connectivity index (χ0n) is 17.0. The van der Waals surface area contributed by atoms with Crippen LogP contribution in [0.3, 0.4) is 0 Å². The predicted molar refractivity (Wildman–Crippen MR) is 110 cm³/mol. The second-order valence-electron chi connectivity index (χ2n) is 7.64. The number of fused-ring (bicyclic) bond motifs is 1. The molecule has 1 aromatic heterocycles. The number of pyridine rings is 1. The molecule has 0 saturated carbocycles. The molecule has 8 nitrogen and oxygen atoms in total. The van der Waals surface area contributed by atoms with Crippen LogP contribution in [0.25, 0.3) is 0 Å². The summed E-state index contributed by atoms with van der Waals surface area (Å²) < 4.78 is 11.0. The van der Waals surface area contributed by atoms with Gasteiger partial charge in [-0.2, -0.15) is 0 Å². The molecule has 0 bridgehead atoms. The Hall–Kier alpha value is -3.13. The third-order valence-corrected chi connectivity index (χ3v) is 5.73. The number of likely N-dealkylation sites (tertiary alicyclic amines) is 1. The summed E-state index contributed by atoms with van der Waals surface area (Å²) >= 11 is 0. The van der Waals surface area contributed by atoms with Crippen molar-refractivity contribution < 1.29 is 19.1 Å². The Morgan fingerprint density at radius 1 is 1.17 bits per heavy atom. The van der Waals surface area contributed by atoms with Gasteiger partial charge in [-0.3, -0.25) is 9.78 Å². The molecule has 1 atom stereocenters. The molecule has 3 heterocycles. The zero-order chi connectivity index (χ0) is 21.1. The number of nitrogens with two attached hydrogens (primary N) is 1. The van der Waals surface area contributed by atoms with Crippen molar-refractivity contribution in [3.8, 4) is 5.75 Å². The van der Waals surface area contributed by atoms with Crippen LogP contribution >= 0.6 is 0 Å². The van der Waals surface area contributed by atoms with Crippen molar-refractivity contribution in [1.29, 1.82) is 0 Å². The normalized spacial score (nSPS) is 18.9. The maximum absolute atomic E-state index is 12.0. The number of hydrogen-bond donors (Lipinski definition) is 1. The first-order chi connectivity index (χ1) is 14.6. The molecule has 4 rings (SSSR count). The van der Waals surface area contributed by atoms with E-state index in [1.54, 1.807) is 17.3 Å². The molecule has 2 aliphatic rings. The lowest BCUT2D eigenvalue weighted by molar-refractivity contribution is -0.136. The number of primary amides is 1. The van der Waals surface area contributed by atoms with Gasteiger partial charge < -0.3 is 25.0 Å². The second-order valence-corrected chi connectivity index (χ2v) is 7.64. The summed E-state index contributed by atoms with van der Waals surface area (Å²) in [5.74, 6) is 0.797. The first-order valence-corrected chi connectivity index (χ1v) is 10.1. The number of rotatable bonds is 5. The minimum absolute atomic E-state index is 0.0198. The molecule has 2 aliphatic heterocycles. The number of urea groups is 1. The largest absolute Gasteiger partial charge is 0.490 e. The monoisotopic (exact) mass is 410 g/mol. The van der Waals surface area contributed by atoms with E-state index in [0.717, 1.165) is 35.3 Å². The van der Waals surface area contributed by atoms with Gasteiger partial charge in [-0.1, -0.05) is 12.1 Å². The molecule has 0 radical (unpaired) electrons. The average molecular weight is 410 g/mol. The van der Waals surface area contributed by atoms with Crippen LogP contribution in [-0.4, -0.2) is 59.6 Å². The summed E-state index contributed by atoms with van der Waals surface area (Å²) in [6.45, 7) is 1.92. The summed E-state index contributed by atoms with van der Waals surface area (Å²) in [5, 5.41) is 0. The van der Waals surface area contributed by atoms with Gasteiger partial charge in [0.15, 0.2) is 0 Å². The Balaban J connectivity index is 1.41. The second kappa shape index (κ2) is 8.71. The van der Waals surface area contributed by atoms with E-state index >= 15 is 0 Å². The molecule has 1 saturated heterocycles. The molecule has 0 aliphatic carbocycles. The average Bonchev–Trinajstić information content (AvgIpc) is 3.15. The van der Waals surface area contributed by atoms with Crippen molar-refractivity contribution >= 4 is 11.9 Å². The van der Waals surface area contributed by atoms with Crippen LogP contribution < -0.4 is 10.5 Å². The number of aromatic nitrogens is 1. The number of amides is 3. The number of nitrogens with zero attached hydrogens (tertiary/aromatic N) is 3. The lowest BCUT2D eigenvalue weighted by Gasteiger charge is -2.32. The number of methoxy groups -OCH3 is 1. The van der Waals surface area contributed by atoms with Crippen molar-refractivity contribution in [2.45, 2.75) is 31.5 Å². The van der Waals surface area contributed by atoms with Crippen LogP contribution in [0.2, 0.25) is 0 Å². The molecule has 1 unspecified atom stereocenters. The molecule has 2 aromatic rings. The van der Waals surface area contributed by atoms with Crippen molar-refractivity contribution in [3.05, 3.63) is 59.4 Å². The van der Waals surface area contributed by atoms with Gasteiger partial charge in [-0.15, -0.1) is 0 Å². The minimum Gasteiger partial charge on any atom is -0.490 e. The van der Waals surface area contributed by atoms with Crippen LogP contribution in [0.5, 0.6) is 5.75 Å². The standard InChI is InChI=1S/C22H26N4O4/c1-29-14-20(27)25-10-7-18(8-11-25)30-17-4-2-15(3-5-17)21-19-6-9-24-12-16(19)13-26(21)22(23)28/h2-6,9,12,18,21H,7-8,10-11,13-14H2,1H3,(H2,23,28). The summed E-state index contributed by atoms with van der Waals surface area (Å²) in [6.07, 6.45) is 5.16. The van der Waals surface area contributed by atoms with E-state index in [-0.39, 0.29) is 24.7 Å². The van der Waals surface area contributed by atoms with Gasteiger partial charge in [0.2, 0.25) is 5.91 Å². The van der Waals surface area contributed by atoms with Crippen molar-refractivity contribution in [1.82, 2.24) is 14.8 Å². The molecule has 0 spiro atoms. The number of benzene rings is 1. The van der Waals surface area contributed by atoms with Crippen molar-refractivity contribution in [2.75, 3.05) is 26.8 Å². The maximum Gasteiger partial charge on any atom is 0.315 e. The van der Waals surface area contributed by atoms with Gasteiger partial charge in [0.1, 0.15) is 18.5 Å². The molecule has 30 heavy (non-hydrogen) atoms. The highest BCUT2D eigenvalue weighted by Gasteiger charge is 2.33. The molecular formula is C22H26N4O4. The van der Waals surface area contributed by atoms with E-state index in [1.807, 2.05) is 35.2 Å². The third-order valence-electron chi connectivity index (χ3n) is 5.73. The summed E-state index contributed by atoms with van der Waals surface area (Å²) in [7, 11) is 1.53. The minimum atomic E-state index is -0.452. The van der Waals surface area contributed by atoms with Gasteiger partial charge in [0, 0.05) is 45.4 Å². The molecule has 1 aromatic carbocycles. The lowest BCUT2D eigenvalue weighted by Crippen LogP contribution is -2.43. The van der Waals surface area contributed by atoms with E-state index in [2.05, 4.69) is 4.98 Å². The van der Waals surface area contributed by atoms with Gasteiger partial charge in [0.25, 0.3) is 0 Å². The molecule has 158 valence electrons. The molecule has 3 amide bonds. The van der Waals surface area contributed by atoms with E-state index < -0.39 is 6.03 Å². The first kappa shape index (κ1) is 20.2. The smallest absolute Gasteiger partial charge is 0.315 e. The van der Waals surface area contributed by atoms with Gasteiger partial charge in [-0.05, 0) is 34.9 Å². The fourth-order valence-corrected chi connectivity index (χ4v) is 4.20. The highest BCUT2D eigenvalue weighted by molar-refractivity contribution is 5.77. The zero-order valence-corrected chi connectivity index (χ0v) is 17.0. The number of ether oxygens (including phenoxy) is 2. The third kappa shape index (κ3) is 4.09. The summed E-state index contributed by atoms with van der Waals surface area (Å²) in [4.78, 5) is 31.5. The fraction of sp³-hybridized carbons (Fsp3) is 0.409. The highest BCUT2D eigenvalue weighted by Crippen LogP contribution is 2.38. The number of hydrogen-bond acceptors (Lipinski definition) is 5. The predicted octanol–water partition coefficient (Wildman–Crippen LogP) is 2.08. The van der Waals surface area contributed by atoms with E-state index in [4.69, 9.17) is 15.2 Å². The Morgan fingerprint density at radius 2 is 1.90 bits per heavy atom. The van der Waals surface area contributed by atoms with Gasteiger partial charge in [0.05, 0.1) is 12.6 Å². The Labute approximate surface area is 175 Å². The number of carbonyl (C=O) groups excluding carboxylic acids is 2. The quantitative estimate of drug-likeness (QED) is 0.814. The first-order valence-electron chi connectivity index (χ1n) is 10.1. The lowest BCUT2D eigenvalue weighted by atomic mass is 9.99. The Bertz CT molecular complexity index is 910. The van der Waals surface area contributed by atoms with E-state index in [1.165, 1.54) is 7.11 Å². The topological polar surface area (TPSA) is 98.0 Å². The molecule has 2 N–H and O–H groups in total. The van der Waals surface area contributed by atoms with Crippen molar-refractivity contribution in [2.24, 2.45) is 5.73 Å². The fourth-order valence-electron chi connectivity index (χ4n) is 4.20.